The summed E-state index contributed by atoms with van der Waals surface area (Å²) in [6.07, 6.45) is 0.234. The van der Waals surface area contributed by atoms with Crippen LogP contribution >= 0.6 is 0 Å². The van der Waals surface area contributed by atoms with Crippen LogP contribution in [0.4, 0.5) is 5.69 Å². The fraction of sp³-hybridized carbons (Fsp3) is 0.333. The summed E-state index contributed by atoms with van der Waals surface area (Å²) in [4.78, 5) is 38.2. The largest absolute Gasteiger partial charge is 0.465 e. The minimum Gasteiger partial charge on any atom is -0.465 e. The highest BCUT2D eigenvalue weighted by Gasteiger charge is 2.35. The number of furan rings is 1. The molecular formula is C21H23N3O5. The van der Waals surface area contributed by atoms with Gasteiger partial charge in [0.1, 0.15) is 28.8 Å². The summed E-state index contributed by atoms with van der Waals surface area (Å²) in [5, 5.41) is 6.01. The van der Waals surface area contributed by atoms with Crippen molar-refractivity contribution in [3.63, 3.8) is 0 Å². The molecule has 2 aromatic rings. The zero-order chi connectivity index (χ0) is 21.1. The highest BCUT2D eigenvalue weighted by Crippen LogP contribution is 2.26. The molecule has 1 aliphatic rings. The molecule has 8 nitrogen and oxygen atoms in total. The Labute approximate surface area is 168 Å². The van der Waals surface area contributed by atoms with Gasteiger partial charge in [-0.2, -0.15) is 5.10 Å². The second-order valence-electron chi connectivity index (χ2n) is 6.89. The van der Waals surface area contributed by atoms with E-state index in [4.69, 9.17) is 9.15 Å². The first-order chi connectivity index (χ1) is 13.8. The molecule has 0 bridgehead atoms. The van der Waals surface area contributed by atoms with Crippen LogP contribution in [-0.2, 0) is 20.9 Å². The number of esters is 1. The van der Waals surface area contributed by atoms with Gasteiger partial charge in [-0.05, 0) is 32.0 Å². The first-order valence-electron chi connectivity index (χ1n) is 9.17. The summed E-state index contributed by atoms with van der Waals surface area (Å²) in [5.41, 5.74) is 1.38. The van der Waals surface area contributed by atoms with Gasteiger partial charge < -0.3 is 14.1 Å². The van der Waals surface area contributed by atoms with E-state index in [1.54, 1.807) is 25.0 Å². The third-order valence-electron chi connectivity index (χ3n) is 4.76. The highest BCUT2D eigenvalue weighted by atomic mass is 16.5. The standard InChI is InChI=1S/C21H23N3O5/c1-13(25)19-11-18(22-24(19)15-8-6-5-7-9-15)20(26)23(3)12-16-10-17(14(2)29-16)21(27)28-4/h5-10,19H,11-12H2,1-4H3. The van der Waals surface area contributed by atoms with Crippen molar-refractivity contribution in [2.45, 2.75) is 32.9 Å². The van der Waals surface area contributed by atoms with E-state index in [2.05, 4.69) is 5.10 Å². The Kier molecular flexibility index (Phi) is 5.81. The van der Waals surface area contributed by atoms with Crippen molar-refractivity contribution >= 4 is 29.1 Å². The number of anilines is 1. The van der Waals surface area contributed by atoms with Crippen LogP contribution in [-0.4, -0.2) is 48.5 Å². The van der Waals surface area contributed by atoms with E-state index in [-0.39, 0.29) is 24.7 Å². The molecule has 1 aromatic heterocycles. The Morgan fingerprint density at radius 3 is 2.59 bits per heavy atom. The summed E-state index contributed by atoms with van der Waals surface area (Å²) in [6, 6.07) is 10.3. The van der Waals surface area contributed by atoms with Crippen LogP contribution in [0.3, 0.4) is 0 Å². The molecule has 2 heterocycles. The van der Waals surface area contributed by atoms with E-state index in [0.717, 1.165) is 5.69 Å². The van der Waals surface area contributed by atoms with E-state index in [1.807, 2.05) is 30.3 Å². The van der Waals surface area contributed by atoms with Gasteiger partial charge in [-0.1, -0.05) is 18.2 Å². The van der Waals surface area contributed by atoms with E-state index in [0.29, 0.717) is 22.8 Å². The van der Waals surface area contributed by atoms with Gasteiger partial charge in [0.25, 0.3) is 5.91 Å². The molecule has 1 aliphatic heterocycles. The molecule has 1 aromatic carbocycles. The molecule has 0 radical (unpaired) electrons. The van der Waals surface area contributed by atoms with Crippen molar-refractivity contribution in [3.05, 3.63) is 53.5 Å². The number of hydrazone groups is 1. The lowest BCUT2D eigenvalue weighted by Gasteiger charge is -2.20. The Hall–Kier alpha value is -3.42. The predicted molar refractivity (Wildman–Crippen MR) is 107 cm³/mol. The van der Waals surface area contributed by atoms with Crippen LogP contribution in [0.15, 0.2) is 45.9 Å². The van der Waals surface area contributed by atoms with Crippen molar-refractivity contribution in [1.29, 1.82) is 0 Å². The van der Waals surface area contributed by atoms with Gasteiger partial charge in [0.05, 0.1) is 19.3 Å². The third-order valence-corrected chi connectivity index (χ3v) is 4.76. The van der Waals surface area contributed by atoms with Gasteiger partial charge in [0.15, 0.2) is 5.78 Å². The molecule has 152 valence electrons. The molecule has 1 amide bonds. The van der Waals surface area contributed by atoms with E-state index >= 15 is 0 Å². The number of carbonyl (C=O) groups is 3. The van der Waals surface area contributed by atoms with Gasteiger partial charge in [-0.3, -0.25) is 14.6 Å². The lowest BCUT2D eigenvalue weighted by molar-refractivity contribution is -0.123. The average Bonchev–Trinajstić information content (AvgIpc) is 3.31. The number of benzene rings is 1. The molecule has 0 aliphatic carbocycles. The number of hydrogen-bond donors (Lipinski definition) is 0. The van der Waals surface area contributed by atoms with Crippen LogP contribution in [0.5, 0.6) is 0 Å². The SMILES string of the molecule is COC(=O)c1cc(CN(C)C(=O)C2=NN(c3ccccc3)C(C(C)=O)C2)oc1C. The Morgan fingerprint density at radius 2 is 1.97 bits per heavy atom. The number of Topliss-reactive ketones (excluding diaryl/α,β-unsaturated/α-hetero) is 1. The summed E-state index contributed by atoms with van der Waals surface area (Å²) in [5.74, 6) is 0.0309. The lowest BCUT2D eigenvalue weighted by atomic mass is 10.1. The maximum atomic E-state index is 12.9. The first-order valence-corrected chi connectivity index (χ1v) is 9.17. The number of nitrogens with zero attached hydrogens (tertiary/aromatic N) is 3. The zero-order valence-corrected chi connectivity index (χ0v) is 16.8. The van der Waals surface area contributed by atoms with Crippen molar-refractivity contribution in [3.8, 4) is 0 Å². The predicted octanol–water partition coefficient (Wildman–Crippen LogP) is 2.56. The zero-order valence-electron chi connectivity index (χ0n) is 16.8. The van der Waals surface area contributed by atoms with Gasteiger partial charge in [-0.15, -0.1) is 0 Å². The summed E-state index contributed by atoms with van der Waals surface area (Å²) in [6.45, 7) is 3.31. The number of methoxy groups -OCH3 is 1. The second-order valence-corrected chi connectivity index (χ2v) is 6.89. The third kappa shape index (κ3) is 4.21. The lowest BCUT2D eigenvalue weighted by Crippen LogP contribution is -2.35. The molecule has 0 spiro atoms. The van der Waals surface area contributed by atoms with Crippen molar-refractivity contribution in [2.75, 3.05) is 19.2 Å². The number of amides is 1. The molecular weight excluding hydrogens is 374 g/mol. The summed E-state index contributed by atoms with van der Waals surface area (Å²) < 4.78 is 10.3. The van der Waals surface area contributed by atoms with Crippen LogP contribution in [0.1, 0.15) is 35.2 Å². The summed E-state index contributed by atoms with van der Waals surface area (Å²) >= 11 is 0. The molecule has 3 rings (SSSR count). The molecule has 29 heavy (non-hydrogen) atoms. The van der Waals surface area contributed by atoms with Crippen molar-refractivity contribution < 1.29 is 23.5 Å². The Morgan fingerprint density at radius 1 is 1.28 bits per heavy atom. The molecule has 0 N–H and O–H groups in total. The second kappa shape index (κ2) is 8.30. The topological polar surface area (TPSA) is 92.4 Å². The number of aryl methyl sites for hydroxylation is 1. The fourth-order valence-electron chi connectivity index (χ4n) is 3.23. The average molecular weight is 397 g/mol. The summed E-state index contributed by atoms with van der Waals surface area (Å²) in [7, 11) is 2.92. The Balaban J connectivity index is 1.77. The molecule has 0 saturated heterocycles. The molecule has 0 saturated carbocycles. The quantitative estimate of drug-likeness (QED) is 0.696. The normalized spacial score (nSPS) is 15.8. The van der Waals surface area contributed by atoms with E-state index < -0.39 is 12.0 Å². The monoisotopic (exact) mass is 397 g/mol. The van der Waals surface area contributed by atoms with Crippen LogP contribution in [0.25, 0.3) is 0 Å². The minimum absolute atomic E-state index is 0.0626. The van der Waals surface area contributed by atoms with Crippen LogP contribution in [0, 0.1) is 6.92 Å². The van der Waals surface area contributed by atoms with Crippen molar-refractivity contribution in [1.82, 2.24) is 4.90 Å². The van der Waals surface area contributed by atoms with Crippen molar-refractivity contribution in [2.24, 2.45) is 5.10 Å². The van der Waals surface area contributed by atoms with E-state index in [1.165, 1.54) is 18.9 Å². The fourth-order valence-corrected chi connectivity index (χ4v) is 3.23. The number of ether oxygens (including phenoxy) is 1. The number of hydrogen-bond acceptors (Lipinski definition) is 7. The number of carbonyl (C=O) groups excluding carboxylic acids is 3. The maximum absolute atomic E-state index is 12.9. The highest BCUT2D eigenvalue weighted by molar-refractivity contribution is 6.40. The number of rotatable bonds is 6. The van der Waals surface area contributed by atoms with Gasteiger partial charge >= 0.3 is 5.97 Å². The molecule has 8 heteroatoms. The number of para-hydroxylation sites is 1. The van der Waals surface area contributed by atoms with Crippen LogP contribution in [0.2, 0.25) is 0 Å². The Bertz CT molecular complexity index is 964. The molecule has 0 fully saturated rings. The van der Waals surface area contributed by atoms with Gasteiger partial charge in [0.2, 0.25) is 0 Å². The minimum atomic E-state index is -0.512. The smallest absolute Gasteiger partial charge is 0.341 e. The van der Waals surface area contributed by atoms with E-state index in [9.17, 15) is 14.4 Å². The van der Waals surface area contributed by atoms with Crippen LogP contribution < -0.4 is 5.01 Å². The number of ketones is 1. The first kappa shape index (κ1) is 20.3. The van der Waals surface area contributed by atoms with Gasteiger partial charge in [-0.25, -0.2) is 4.79 Å². The van der Waals surface area contributed by atoms with Gasteiger partial charge in [0, 0.05) is 13.5 Å². The maximum Gasteiger partial charge on any atom is 0.341 e. The molecule has 1 atom stereocenters. The molecule has 1 unspecified atom stereocenters.